The van der Waals surface area contributed by atoms with E-state index in [4.69, 9.17) is 0 Å². The zero-order valence-electron chi connectivity index (χ0n) is 10.3. The largest absolute Gasteiger partial charge is 0.309 e. The second kappa shape index (κ2) is 5.95. The van der Waals surface area contributed by atoms with Crippen molar-refractivity contribution in [2.24, 2.45) is 0 Å². The van der Waals surface area contributed by atoms with Crippen LogP contribution < -0.4 is 5.32 Å². The van der Waals surface area contributed by atoms with Gasteiger partial charge in [0.15, 0.2) is 0 Å². The Labute approximate surface area is 119 Å². The smallest absolute Gasteiger partial charge is 0.123 e. The molecule has 0 saturated heterocycles. The van der Waals surface area contributed by atoms with Crippen molar-refractivity contribution in [2.45, 2.75) is 19.4 Å². The summed E-state index contributed by atoms with van der Waals surface area (Å²) >= 11 is 5.26. The Morgan fingerprint density at radius 3 is 2.72 bits per heavy atom. The van der Waals surface area contributed by atoms with Crippen LogP contribution in [0.3, 0.4) is 0 Å². The van der Waals surface area contributed by atoms with Crippen LogP contribution in [0.5, 0.6) is 0 Å². The van der Waals surface area contributed by atoms with Crippen molar-refractivity contribution in [2.75, 3.05) is 7.05 Å². The van der Waals surface area contributed by atoms with E-state index in [1.165, 1.54) is 15.8 Å². The van der Waals surface area contributed by atoms with E-state index >= 15 is 0 Å². The van der Waals surface area contributed by atoms with Crippen LogP contribution in [0.1, 0.15) is 28.3 Å². The van der Waals surface area contributed by atoms with Crippen LogP contribution in [0, 0.1) is 5.82 Å². The van der Waals surface area contributed by atoms with Crippen molar-refractivity contribution in [3.05, 3.63) is 55.9 Å². The summed E-state index contributed by atoms with van der Waals surface area (Å²) in [5.41, 5.74) is 0.932. The Kier molecular flexibility index (Phi) is 4.54. The van der Waals surface area contributed by atoms with Gasteiger partial charge in [-0.15, -0.1) is 11.3 Å². The second-order valence-corrected chi connectivity index (χ2v) is 6.10. The zero-order chi connectivity index (χ0) is 13.1. The molecule has 0 bridgehead atoms. The average molecular weight is 328 g/mol. The maximum absolute atomic E-state index is 13.4. The first-order valence-corrected chi connectivity index (χ1v) is 7.47. The molecule has 2 aromatic rings. The van der Waals surface area contributed by atoms with E-state index in [-0.39, 0.29) is 11.9 Å². The molecule has 1 unspecified atom stereocenters. The number of nitrogens with one attached hydrogen (secondary N) is 1. The van der Waals surface area contributed by atoms with Crippen molar-refractivity contribution >= 4 is 27.3 Å². The van der Waals surface area contributed by atoms with Gasteiger partial charge in [-0.1, -0.05) is 22.9 Å². The molecule has 1 aromatic heterocycles. The molecule has 0 aliphatic rings. The minimum Gasteiger partial charge on any atom is -0.309 e. The third-order valence-electron chi connectivity index (χ3n) is 2.87. The Bertz CT molecular complexity index is 538. The monoisotopic (exact) mass is 327 g/mol. The number of hydrogen-bond acceptors (Lipinski definition) is 2. The van der Waals surface area contributed by atoms with Gasteiger partial charge in [-0.3, -0.25) is 0 Å². The molecule has 0 saturated carbocycles. The van der Waals surface area contributed by atoms with Crippen LogP contribution >= 0.6 is 27.3 Å². The van der Waals surface area contributed by atoms with Gasteiger partial charge in [0.05, 0.1) is 6.04 Å². The molecule has 18 heavy (non-hydrogen) atoms. The summed E-state index contributed by atoms with van der Waals surface area (Å²) in [5, 5.41) is 3.25. The lowest BCUT2D eigenvalue weighted by molar-refractivity contribution is 0.617. The number of rotatable bonds is 4. The van der Waals surface area contributed by atoms with Gasteiger partial charge in [0.25, 0.3) is 0 Å². The van der Waals surface area contributed by atoms with Crippen LogP contribution in [0.4, 0.5) is 4.39 Å². The van der Waals surface area contributed by atoms with Gasteiger partial charge in [-0.05, 0) is 49.4 Å². The minimum atomic E-state index is -0.208. The third kappa shape index (κ3) is 2.82. The molecule has 1 heterocycles. The molecular formula is C14H15BrFNS. The maximum Gasteiger partial charge on any atom is 0.123 e. The van der Waals surface area contributed by atoms with Crippen LogP contribution in [0.2, 0.25) is 0 Å². The molecule has 0 amide bonds. The fraction of sp³-hybridized carbons (Fsp3) is 0.286. The van der Waals surface area contributed by atoms with Gasteiger partial charge in [0, 0.05) is 14.2 Å². The van der Waals surface area contributed by atoms with Gasteiger partial charge in [0.1, 0.15) is 5.82 Å². The minimum absolute atomic E-state index is 0.0281. The lowest BCUT2D eigenvalue weighted by atomic mass is 10.1. The number of benzene rings is 1. The summed E-state index contributed by atoms with van der Waals surface area (Å²) in [6, 6.07) is 9.08. The molecule has 1 nitrogen and oxygen atoms in total. The first kappa shape index (κ1) is 13.7. The number of hydrogen-bond donors (Lipinski definition) is 1. The fourth-order valence-corrected chi connectivity index (χ4v) is 3.48. The zero-order valence-corrected chi connectivity index (χ0v) is 12.7. The van der Waals surface area contributed by atoms with Crippen molar-refractivity contribution < 1.29 is 4.39 Å². The van der Waals surface area contributed by atoms with Crippen LogP contribution in [0.15, 0.2) is 34.8 Å². The topological polar surface area (TPSA) is 12.0 Å². The van der Waals surface area contributed by atoms with Gasteiger partial charge in [0.2, 0.25) is 0 Å². The number of thiophene rings is 1. The molecule has 1 atom stereocenters. The van der Waals surface area contributed by atoms with Gasteiger partial charge in [-0.25, -0.2) is 4.39 Å². The molecule has 1 aromatic carbocycles. The normalized spacial score (nSPS) is 12.7. The summed E-state index contributed by atoms with van der Waals surface area (Å²) < 4.78 is 14.3. The lowest BCUT2D eigenvalue weighted by Gasteiger charge is -2.16. The molecule has 0 aliphatic carbocycles. The van der Waals surface area contributed by atoms with E-state index in [0.29, 0.717) is 0 Å². The highest BCUT2D eigenvalue weighted by atomic mass is 79.9. The first-order valence-electron chi connectivity index (χ1n) is 5.86. The maximum atomic E-state index is 13.4. The molecule has 96 valence electrons. The third-order valence-corrected chi connectivity index (χ3v) is 4.89. The van der Waals surface area contributed by atoms with Crippen LogP contribution in [0.25, 0.3) is 0 Å². The summed E-state index contributed by atoms with van der Waals surface area (Å²) in [6.45, 7) is 2.14. The molecule has 2 rings (SSSR count). The van der Waals surface area contributed by atoms with E-state index in [1.54, 1.807) is 23.5 Å². The van der Waals surface area contributed by atoms with E-state index in [2.05, 4.69) is 40.3 Å². The Morgan fingerprint density at radius 2 is 2.11 bits per heavy atom. The SMILES string of the molecule is CCc1ccc(C(NC)c2cc(F)ccc2Br)s1. The highest BCUT2D eigenvalue weighted by Gasteiger charge is 2.17. The molecule has 4 heteroatoms. The van der Waals surface area contributed by atoms with E-state index in [9.17, 15) is 4.39 Å². The first-order chi connectivity index (χ1) is 8.65. The summed E-state index contributed by atoms with van der Waals surface area (Å²) in [7, 11) is 1.90. The Balaban J connectivity index is 2.41. The molecular weight excluding hydrogens is 313 g/mol. The molecule has 0 radical (unpaired) electrons. The van der Waals surface area contributed by atoms with E-state index in [0.717, 1.165) is 16.5 Å². The van der Waals surface area contributed by atoms with Crippen molar-refractivity contribution in [1.82, 2.24) is 5.32 Å². The van der Waals surface area contributed by atoms with Crippen molar-refractivity contribution in [1.29, 1.82) is 0 Å². The van der Waals surface area contributed by atoms with Crippen LogP contribution in [-0.4, -0.2) is 7.05 Å². The highest BCUT2D eigenvalue weighted by Crippen LogP contribution is 2.33. The number of aryl methyl sites for hydroxylation is 1. The lowest BCUT2D eigenvalue weighted by Crippen LogP contribution is -2.17. The molecule has 0 spiro atoms. The number of halogens is 2. The fourth-order valence-electron chi connectivity index (χ4n) is 1.93. The van der Waals surface area contributed by atoms with E-state index < -0.39 is 0 Å². The molecule has 1 N–H and O–H groups in total. The van der Waals surface area contributed by atoms with Gasteiger partial charge < -0.3 is 5.32 Å². The predicted octanol–water partition coefficient (Wildman–Crippen LogP) is 4.52. The Hall–Kier alpha value is -0.710. The summed E-state index contributed by atoms with van der Waals surface area (Å²) in [5.74, 6) is -0.208. The Morgan fingerprint density at radius 1 is 1.33 bits per heavy atom. The van der Waals surface area contributed by atoms with E-state index in [1.807, 2.05) is 7.05 Å². The van der Waals surface area contributed by atoms with Gasteiger partial charge in [-0.2, -0.15) is 0 Å². The van der Waals surface area contributed by atoms with Crippen molar-refractivity contribution in [3.63, 3.8) is 0 Å². The molecule has 0 aliphatic heterocycles. The second-order valence-electron chi connectivity index (χ2n) is 4.05. The summed E-state index contributed by atoms with van der Waals surface area (Å²) in [4.78, 5) is 2.55. The summed E-state index contributed by atoms with van der Waals surface area (Å²) in [6.07, 6.45) is 1.03. The predicted molar refractivity (Wildman–Crippen MR) is 78.7 cm³/mol. The van der Waals surface area contributed by atoms with Gasteiger partial charge >= 0.3 is 0 Å². The quantitative estimate of drug-likeness (QED) is 0.870. The molecule has 0 fully saturated rings. The highest BCUT2D eigenvalue weighted by molar-refractivity contribution is 9.10. The van der Waals surface area contributed by atoms with Crippen LogP contribution in [-0.2, 0) is 6.42 Å². The average Bonchev–Trinajstić information content (AvgIpc) is 2.83. The standard InChI is InChI=1S/C14H15BrFNS/c1-3-10-5-7-13(18-10)14(17-2)11-8-9(16)4-6-12(11)15/h4-8,14,17H,3H2,1-2H3. The van der Waals surface area contributed by atoms with Crippen molar-refractivity contribution in [3.8, 4) is 0 Å².